The molecule has 0 spiro atoms. The lowest BCUT2D eigenvalue weighted by Crippen LogP contribution is -2.26. The number of nitrogens with two attached hydrogens (primary N) is 1. The van der Waals surface area contributed by atoms with Crippen molar-refractivity contribution in [3.8, 4) is 0 Å². The molecule has 2 N–H and O–H groups in total. The third kappa shape index (κ3) is 2.98. The first-order valence-corrected chi connectivity index (χ1v) is 5.70. The maximum Gasteiger partial charge on any atom is -0.00257 e. The zero-order valence-corrected chi connectivity index (χ0v) is 9.64. The molecular weight excluding hydrogens is 158 g/mol. The van der Waals surface area contributed by atoms with Crippen LogP contribution in [0.5, 0.6) is 0 Å². The van der Waals surface area contributed by atoms with Crippen molar-refractivity contribution in [1.29, 1.82) is 0 Å². The van der Waals surface area contributed by atoms with E-state index in [1.807, 2.05) is 0 Å². The standard InChI is InChI=1S/C12H25N/c1-5-10-6-11(10)9(2)7-12(3,4)8-13/h9-11H,5-8,13H2,1-4H3. The summed E-state index contributed by atoms with van der Waals surface area (Å²) in [5.74, 6) is 2.92. The predicted molar refractivity (Wildman–Crippen MR) is 58.5 cm³/mol. The Hall–Kier alpha value is -0.0400. The molecule has 1 fully saturated rings. The first kappa shape index (κ1) is 11.0. The topological polar surface area (TPSA) is 26.0 Å². The van der Waals surface area contributed by atoms with E-state index in [2.05, 4.69) is 27.7 Å². The largest absolute Gasteiger partial charge is 0.330 e. The average molecular weight is 183 g/mol. The Labute approximate surface area is 83.1 Å². The van der Waals surface area contributed by atoms with Crippen LogP contribution >= 0.6 is 0 Å². The van der Waals surface area contributed by atoms with Gasteiger partial charge in [-0.25, -0.2) is 0 Å². The summed E-state index contributed by atoms with van der Waals surface area (Å²) in [6.07, 6.45) is 4.14. The van der Waals surface area contributed by atoms with E-state index in [1.165, 1.54) is 19.3 Å². The fourth-order valence-corrected chi connectivity index (χ4v) is 2.54. The van der Waals surface area contributed by atoms with Gasteiger partial charge in [-0.3, -0.25) is 0 Å². The lowest BCUT2D eigenvalue weighted by molar-refractivity contribution is 0.262. The van der Waals surface area contributed by atoms with Crippen molar-refractivity contribution in [3.63, 3.8) is 0 Å². The Morgan fingerprint density at radius 1 is 1.46 bits per heavy atom. The minimum atomic E-state index is 0.348. The molecule has 1 aliphatic rings. The summed E-state index contributed by atoms with van der Waals surface area (Å²) in [6, 6.07) is 0. The van der Waals surface area contributed by atoms with E-state index in [4.69, 9.17) is 5.73 Å². The van der Waals surface area contributed by atoms with Crippen LogP contribution in [0.2, 0.25) is 0 Å². The van der Waals surface area contributed by atoms with Gasteiger partial charge in [0.1, 0.15) is 0 Å². The smallest absolute Gasteiger partial charge is 0.00257 e. The van der Waals surface area contributed by atoms with Crippen LogP contribution in [-0.2, 0) is 0 Å². The number of hydrogen-bond donors (Lipinski definition) is 1. The highest BCUT2D eigenvalue weighted by Crippen LogP contribution is 2.49. The molecule has 0 heterocycles. The fourth-order valence-electron chi connectivity index (χ4n) is 2.54. The quantitative estimate of drug-likeness (QED) is 0.696. The molecule has 1 saturated carbocycles. The van der Waals surface area contributed by atoms with Gasteiger partial charge in [-0.1, -0.05) is 34.1 Å². The molecule has 3 unspecified atom stereocenters. The molecule has 3 atom stereocenters. The van der Waals surface area contributed by atoms with Crippen molar-refractivity contribution in [2.45, 2.75) is 47.0 Å². The zero-order chi connectivity index (χ0) is 10.1. The van der Waals surface area contributed by atoms with E-state index in [9.17, 15) is 0 Å². The van der Waals surface area contributed by atoms with Crippen molar-refractivity contribution in [1.82, 2.24) is 0 Å². The van der Waals surface area contributed by atoms with Crippen LogP contribution in [0.25, 0.3) is 0 Å². The van der Waals surface area contributed by atoms with Gasteiger partial charge in [-0.15, -0.1) is 0 Å². The summed E-state index contributed by atoms with van der Waals surface area (Å²) in [4.78, 5) is 0. The Morgan fingerprint density at radius 2 is 2.08 bits per heavy atom. The molecule has 1 nitrogen and oxygen atoms in total. The summed E-state index contributed by atoms with van der Waals surface area (Å²) in [5.41, 5.74) is 6.09. The lowest BCUT2D eigenvalue weighted by atomic mass is 9.81. The molecule has 1 rings (SSSR count). The van der Waals surface area contributed by atoms with Gasteiger partial charge in [0, 0.05) is 0 Å². The van der Waals surface area contributed by atoms with Gasteiger partial charge < -0.3 is 5.73 Å². The molecule has 0 bridgehead atoms. The molecule has 0 aromatic rings. The molecule has 0 aromatic carbocycles. The normalized spacial score (nSPS) is 30.2. The van der Waals surface area contributed by atoms with Gasteiger partial charge in [-0.05, 0) is 42.6 Å². The van der Waals surface area contributed by atoms with Crippen LogP contribution in [0, 0.1) is 23.2 Å². The Balaban J connectivity index is 2.30. The van der Waals surface area contributed by atoms with Crippen LogP contribution in [0.4, 0.5) is 0 Å². The average Bonchev–Trinajstić information content (AvgIpc) is 2.82. The molecule has 0 radical (unpaired) electrons. The predicted octanol–water partition coefficient (Wildman–Crippen LogP) is 3.04. The molecule has 0 aliphatic heterocycles. The van der Waals surface area contributed by atoms with Crippen LogP contribution < -0.4 is 5.73 Å². The van der Waals surface area contributed by atoms with Crippen LogP contribution in [0.15, 0.2) is 0 Å². The molecule has 1 heteroatoms. The van der Waals surface area contributed by atoms with Gasteiger partial charge >= 0.3 is 0 Å². The molecular formula is C12H25N. The summed E-state index contributed by atoms with van der Waals surface area (Å²) in [7, 11) is 0. The van der Waals surface area contributed by atoms with Gasteiger partial charge in [0.25, 0.3) is 0 Å². The van der Waals surface area contributed by atoms with E-state index >= 15 is 0 Å². The molecule has 78 valence electrons. The van der Waals surface area contributed by atoms with E-state index < -0.39 is 0 Å². The Bertz CT molecular complexity index is 163. The first-order chi connectivity index (χ1) is 6.00. The molecule has 1 aliphatic carbocycles. The van der Waals surface area contributed by atoms with Crippen LogP contribution in [-0.4, -0.2) is 6.54 Å². The Morgan fingerprint density at radius 3 is 2.46 bits per heavy atom. The highest BCUT2D eigenvalue weighted by molar-refractivity contribution is 4.90. The van der Waals surface area contributed by atoms with E-state index in [1.54, 1.807) is 0 Å². The molecule has 0 amide bonds. The summed E-state index contributed by atoms with van der Waals surface area (Å²) >= 11 is 0. The van der Waals surface area contributed by atoms with E-state index in [0.717, 1.165) is 24.3 Å². The third-order valence-electron chi connectivity index (χ3n) is 3.66. The number of hydrogen-bond acceptors (Lipinski definition) is 1. The first-order valence-electron chi connectivity index (χ1n) is 5.70. The molecule has 13 heavy (non-hydrogen) atoms. The lowest BCUT2D eigenvalue weighted by Gasteiger charge is -2.26. The SMILES string of the molecule is CCC1CC1C(C)CC(C)(C)CN. The second-order valence-corrected chi connectivity index (χ2v) is 5.62. The van der Waals surface area contributed by atoms with Crippen molar-refractivity contribution in [2.24, 2.45) is 28.9 Å². The van der Waals surface area contributed by atoms with Crippen LogP contribution in [0.3, 0.4) is 0 Å². The van der Waals surface area contributed by atoms with E-state index in [0.29, 0.717) is 5.41 Å². The number of rotatable bonds is 5. The van der Waals surface area contributed by atoms with Crippen molar-refractivity contribution in [2.75, 3.05) is 6.54 Å². The highest BCUT2D eigenvalue weighted by Gasteiger charge is 2.40. The monoisotopic (exact) mass is 183 g/mol. The van der Waals surface area contributed by atoms with Crippen molar-refractivity contribution < 1.29 is 0 Å². The van der Waals surface area contributed by atoms with E-state index in [-0.39, 0.29) is 0 Å². The van der Waals surface area contributed by atoms with Gasteiger partial charge in [0.2, 0.25) is 0 Å². The van der Waals surface area contributed by atoms with Crippen LogP contribution in [0.1, 0.15) is 47.0 Å². The summed E-state index contributed by atoms with van der Waals surface area (Å²) in [6.45, 7) is 10.1. The third-order valence-corrected chi connectivity index (χ3v) is 3.66. The second-order valence-electron chi connectivity index (χ2n) is 5.62. The minimum Gasteiger partial charge on any atom is -0.330 e. The van der Waals surface area contributed by atoms with Gasteiger partial charge in [0.15, 0.2) is 0 Å². The highest BCUT2D eigenvalue weighted by atomic mass is 14.6. The minimum absolute atomic E-state index is 0.348. The van der Waals surface area contributed by atoms with Gasteiger partial charge in [-0.2, -0.15) is 0 Å². The molecule has 0 aromatic heterocycles. The van der Waals surface area contributed by atoms with Crippen molar-refractivity contribution in [3.05, 3.63) is 0 Å². The maximum atomic E-state index is 5.74. The molecule has 0 saturated heterocycles. The zero-order valence-electron chi connectivity index (χ0n) is 9.64. The Kier molecular flexibility index (Phi) is 3.39. The van der Waals surface area contributed by atoms with Gasteiger partial charge in [0.05, 0.1) is 0 Å². The summed E-state index contributed by atoms with van der Waals surface area (Å²) < 4.78 is 0. The van der Waals surface area contributed by atoms with Crippen molar-refractivity contribution >= 4 is 0 Å². The fraction of sp³-hybridized carbons (Fsp3) is 1.00. The summed E-state index contributed by atoms with van der Waals surface area (Å²) in [5, 5.41) is 0. The maximum absolute atomic E-state index is 5.74. The second kappa shape index (κ2) is 4.00.